The number of hydrogen-bond donors (Lipinski definition) is 1. The zero-order valence-electron chi connectivity index (χ0n) is 18.2. The van der Waals surface area contributed by atoms with E-state index in [2.05, 4.69) is 17.5 Å². The molecule has 1 heterocycles. The molecule has 4 aromatic carbocycles. The van der Waals surface area contributed by atoms with Gasteiger partial charge in [0.2, 0.25) is 0 Å². The van der Waals surface area contributed by atoms with Gasteiger partial charge in [0.05, 0.1) is 23.3 Å². The number of hydrogen-bond acceptors (Lipinski definition) is 5. The van der Waals surface area contributed by atoms with Gasteiger partial charge in [0.25, 0.3) is 0 Å². The third kappa shape index (κ3) is 4.32. The van der Waals surface area contributed by atoms with E-state index in [0.717, 1.165) is 33.7 Å². The predicted molar refractivity (Wildman–Crippen MR) is 133 cm³/mol. The first-order chi connectivity index (χ1) is 16.7. The summed E-state index contributed by atoms with van der Waals surface area (Å²) in [6.45, 7) is 0. The fraction of sp³-hybridized carbons (Fsp3) is 0.0345. The van der Waals surface area contributed by atoms with Crippen molar-refractivity contribution in [3.63, 3.8) is 0 Å². The maximum Gasteiger partial charge on any atom is 0.169 e. The molecule has 0 spiro atoms. The van der Waals surface area contributed by atoms with Crippen LogP contribution in [0.5, 0.6) is 0 Å². The van der Waals surface area contributed by atoms with Gasteiger partial charge in [-0.1, -0.05) is 72.8 Å². The maximum atomic E-state index is 9.71. The first kappa shape index (κ1) is 20.9. The van der Waals surface area contributed by atoms with Crippen molar-refractivity contribution in [3.8, 4) is 23.3 Å². The Morgan fingerprint density at radius 3 is 1.85 bits per heavy atom. The summed E-state index contributed by atoms with van der Waals surface area (Å²) < 4.78 is 0. The second-order valence-corrected chi connectivity index (χ2v) is 7.83. The van der Waals surface area contributed by atoms with Crippen molar-refractivity contribution in [1.29, 1.82) is 10.5 Å². The Hall–Kier alpha value is -5.00. The molecule has 5 heteroatoms. The molecule has 0 aromatic heterocycles. The molecule has 4 aromatic rings. The van der Waals surface area contributed by atoms with Crippen LogP contribution in [0.4, 0.5) is 0 Å². The zero-order valence-corrected chi connectivity index (χ0v) is 18.2. The Kier molecular flexibility index (Phi) is 5.67. The summed E-state index contributed by atoms with van der Waals surface area (Å²) in [7, 11) is 0. The summed E-state index contributed by atoms with van der Waals surface area (Å²) >= 11 is 0. The van der Waals surface area contributed by atoms with E-state index in [4.69, 9.17) is 9.98 Å². The van der Waals surface area contributed by atoms with Crippen molar-refractivity contribution in [1.82, 2.24) is 5.32 Å². The fourth-order valence-electron chi connectivity index (χ4n) is 3.88. The Labute approximate surface area is 198 Å². The van der Waals surface area contributed by atoms with Crippen LogP contribution >= 0.6 is 0 Å². The molecule has 1 aliphatic heterocycles. The SMILES string of the molecule is N#Cc1cccc(-c2cc(C#N)cc(C3=NC(c4ccccc4)N=C(c4ccccc4)N3)c2)c1. The van der Waals surface area contributed by atoms with Crippen molar-refractivity contribution < 1.29 is 0 Å². The fourth-order valence-corrected chi connectivity index (χ4v) is 3.88. The Bertz CT molecular complexity index is 1490. The van der Waals surface area contributed by atoms with E-state index in [0.29, 0.717) is 17.0 Å². The standard InChI is InChI=1S/C29H19N5/c30-18-20-8-7-13-24(14-20)25-15-21(19-31)16-26(17-25)29-33-27(22-9-3-1-4-10-22)32-28(34-29)23-11-5-2-6-12-23/h1-17,27H,(H,32,33,34). The highest BCUT2D eigenvalue weighted by atomic mass is 15.2. The van der Waals surface area contributed by atoms with Gasteiger partial charge < -0.3 is 5.32 Å². The van der Waals surface area contributed by atoms with E-state index < -0.39 is 6.17 Å². The predicted octanol–water partition coefficient (Wildman–Crippen LogP) is 5.59. The number of amidine groups is 2. The Morgan fingerprint density at radius 2 is 1.15 bits per heavy atom. The highest BCUT2D eigenvalue weighted by Gasteiger charge is 2.21. The highest BCUT2D eigenvalue weighted by Crippen LogP contribution is 2.27. The first-order valence-electron chi connectivity index (χ1n) is 10.8. The van der Waals surface area contributed by atoms with Crippen LogP contribution in [-0.2, 0) is 0 Å². The minimum atomic E-state index is -0.413. The Morgan fingerprint density at radius 1 is 0.559 bits per heavy atom. The summed E-state index contributed by atoms with van der Waals surface area (Å²) in [5.74, 6) is 1.35. The molecular formula is C29H19N5. The molecule has 1 atom stereocenters. The zero-order chi connectivity index (χ0) is 23.3. The van der Waals surface area contributed by atoms with Crippen LogP contribution in [0.25, 0.3) is 11.1 Å². The van der Waals surface area contributed by atoms with E-state index in [1.54, 1.807) is 6.07 Å². The van der Waals surface area contributed by atoms with Crippen LogP contribution in [0.2, 0.25) is 0 Å². The molecule has 160 valence electrons. The second-order valence-electron chi connectivity index (χ2n) is 7.83. The average molecular weight is 438 g/mol. The third-order valence-corrected chi connectivity index (χ3v) is 5.55. The summed E-state index contributed by atoms with van der Waals surface area (Å²) in [6.07, 6.45) is -0.413. The molecule has 5 nitrogen and oxygen atoms in total. The lowest BCUT2D eigenvalue weighted by molar-refractivity contribution is 0.756. The molecule has 0 bridgehead atoms. The van der Waals surface area contributed by atoms with Crippen molar-refractivity contribution in [2.45, 2.75) is 6.17 Å². The Balaban J connectivity index is 1.62. The monoisotopic (exact) mass is 437 g/mol. The van der Waals surface area contributed by atoms with Gasteiger partial charge in [0.15, 0.2) is 6.17 Å². The van der Waals surface area contributed by atoms with Crippen LogP contribution in [-0.4, -0.2) is 11.7 Å². The number of aliphatic imine (C=N–C) groups is 2. The normalized spacial score (nSPS) is 14.7. The maximum absolute atomic E-state index is 9.71. The van der Waals surface area contributed by atoms with E-state index in [1.807, 2.05) is 97.1 Å². The molecule has 0 amide bonds. The third-order valence-electron chi connectivity index (χ3n) is 5.55. The van der Waals surface area contributed by atoms with Gasteiger partial charge in [-0.15, -0.1) is 0 Å². The quantitative estimate of drug-likeness (QED) is 0.451. The van der Waals surface area contributed by atoms with Crippen LogP contribution in [0.15, 0.2) is 113 Å². The number of nitriles is 2. The van der Waals surface area contributed by atoms with Crippen LogP contribution in [0.1, 0.15) is 34.0 Å². The number of rotatable bonds is 4. The molecule has 0 radical (unpaired) electrons. The summed E-state index contributed by atoms with van der Waals surface area (Å²) in [6, 6.07) is 37.3. The molecule has 0 fully saturated rings. The first-order valence-corrected chi connectivity index (χ1v) is 10.8. The second kappa shape index (κ2) is 9.24. The summed E-state index contributed by atoms with van der Waals surface area (Å²) in [5.41, 5.74) is 5.50. The highest BCUT2D eigenvalue weighted by molar-refractivity contribution is 6.16. The lowest BCUT2D eigenvalue weighted by atomic mass is 9.98. The van der Waals surface area contributed by atoms with Gasteiger partial charge in [0.1, 0.15) is 11.7 Å². The minimum Gasteiger partial charge on any atom is -0.324 e. The number of nitrogens with one attached hydrogen (secondary N) is 1. The average Bonchev–Trinajstić information content (AvgIpc) is 2.93. The molecule has 1 N–H and O–H groups in total. The lowest BCUT2D eigenvalue weighted by Gasteiger charge is -2.22. The topological polar surface area (TPSA) is 84.3 Å². The van der Waals surface area contributed by atoms with Gasteiger partial charge in [-0.05, 0) is 47.0 Å². The van der Waals surface area contributed by atoms with Gasteiger partial charge in [-0.25, -0.2) is 9.98 Å². The van der Waals surface area contributed by atoms with Crippen LogP contribution in [0, 0.1) is 22.7 Å². The number of benzene rings is 4. The van der Waals surface area contributed by atoms with Crippen molar-refractivity contribution in [2.75, 3.05) is 0 Å². The van der Waals surface area contributed by atoms with Crippen LogP contribution < -0.4 is 5.32 Å². The largest absolute Gasteiger partial charge is 0.324 e. The van der Waals surface area contributed by atoms with Crippen LogP contribution in [0.3, 0.4) is 0 Å². The molecule has 34 heavy (non-hydrogen) atoms. The molecule has 0 saturated heterocycles. The molecule has 5 rings (SSSR count). The van der Waals surface area contributed by atoms with Gasteiger partial charge in [-0.3, -0.25) is 0 Å². The molecule has 1 unspecified atom stereocenters. The van der Waals surface area contributed by atoms with Gasteiger partial charge >= 0.3 is 0 Å². The van der Waals surface area contributed by atoms with E-state index in [-0.39, 0.29) is 0 Å². The van der Waals surface area contributed by atoms with E-state index in [9.17, 15) is 10.5 Å². The van der Waals surface area contributed by atoms with Gasteiger partial charge in [0, 0.05) is 11.1 Å². The molecule has 0 aliphatic carbocycles. The van der Waals surface area contributed by atoms with E-state index >= 15 is 0 Å². The van der Waals surface area contributed by atoms with Crippen molar-refractivity contribution in [2.24, 2.45) is 9.98 Å². The van der Waals surface area contributed by atoms with Gasteiger partial charge in [-0.2, -0.15) is 10.5 Å². The summed E-state index contributed by atoms with van der Waals surface area (Å²) in [5, 5.41) is 22.4. The summed E-state index contributed by atoms with van der Waals surface area (Å²) in [4.78, 5) is 9.76. The lowest BCUT2D eigenvalue weighted by Crippen LogP contribution is -2.36. The molecular weight excluding hydrogens is 418 g/mol. The van der Waals surface area contributed by atoms with E-state index in [1.165, 1.54) is 0 Å². The number of nitrogens with zero attached hydrogens (tertiary/aromatic N) is 4. The molecule has 0 saturated carbocycles. The van der Waals surface area contributed by atoms with Crippen molar-refractivity contribution >= 4 is 11.7 Å². The minimum absolute atomic E-state index is 0.413. The molecule has 1 aliphatic rings. The van der Waals surface area contributed by atoms with Crippen molar-refractivity contribution in [3.05, 3.63) is 131 Å². The smallest absolute Gasteiger partial charge is 0.169 e.